The smallest absolute Gasteiger partial charge is 0.0737 e. The van der Waals surface area contributed by atoms with Crippen molar-refractivity contribution in [3.8, 4) is 0 Å². The standard InChI is InChI=1S/C18H27NOS/c1-3-4-5-6-9-14(2)20-13-16-15-10-7-8-11-17(15)21-18(16)12-19/h7-8,10-11,14H,3-6,9,12-13,19H2,1-2H3. The summed E-state index contributed by atoms with van der Waals surface area (Å²) in [6.45, 7) is 5.72. The van der Waals surface area contributed by atoms with E-state index in [0.29, 0.717) is 19.3 Å². The number of rotatable bonds is 9. The first kappa shape index (κ1) is 16.5. The highest BCUT2D eigenvalue weighted by Gasteiger charge is 2.12. The Hall–Kier alpha value is -0.900. The normalized spacial score (nSPS) is 12.9. The van der Waals surface area contributed by atoms with Crippen LogP contribution in [0.25, 0.3) is 10.1 Å². The second kappa shape index (κ2) is 8.52. The number of nitrogens with two attached hydrogens (primary N) is 1. The van der Waals surface area contributed by atoms with E-state index in [-0.39, 0.29) is 0 Å². The summed E-state index contributed by atoms with van der Waals surface area (Å²) in [5.41, 5.74) is 7.18. The first-order valence-electron chi connectivity index (χ1n) is 8.07. The zero-order valence-electron chi connectivity index (χ0n) is 13.2. The van der Waals surface area contributed by atoms with E-state index in [1.165, 1.54) is 46.2 Å². The second-order valence-corrected chi connectivity index (χ2v) is 6.81. The topological polar surface area (TPSA) is 35.2 Å². The summed E-state index contributed by atoms with van der Waals surface area (Å²) in [4.78, 5) is 1.26. The number of fused-ring (bicyclic) bond motifs is 1. The molecule has 0 spiro atoms. The first-order chi connectivity index (χ1) is 10.3. The van der Waals surface area contributed by atoms with Crippen LogP contribution in [-0.2, 0) is 17.9 Å². The van der Waals surface area contributed by atoms with E-state index in [2.05, 4.69) is 38.1 Å². The van der Waals surface area contributed by atoms with Crippen LogP contribution in [0.5, 0.6) is 0 Å². The van der Waals surface area contributed by atoms with Crippen molar-refractivity contribution in [2.24, 2.45) is 5.73 Å². The van der Waals surface area contributed by atoms with Crippen LogP contribution in [0.2, 0.25) is 0 Å². The molecule has 0 saturated heterocycles. The van der Waals surface area contributed by atoms with Crippen LogP contribution >= 0.6 is 11.3 Å². The Morgan fingerprint density at radius 1 is 1.19 bits per heavy atom. The molecule has 1 unspecified atom stereocenters. The van der Waals surface area contributed by atoms with Crippen LogP contribution in [0.1, 0.15) is 56.4 Å². The third-order valence-electron chi connectivity index (χ3n) is 3.94. The molecule has 116 valence electrons. The molecule has 0 aliphatic carbocycles. The minimum absolute atomic E-state index is 0.325. The molecule has 3 heteroatoms. The van der Waals surface area contributed by atoms with Crippen molar-refractivity contribution < 1.29 is 4.74 Å². The molecule has 2 N–H and O–H groups in total. The third kappa shape index (κ3) is 4.53. The van der Waals surface area contributed by atoms with Gasteiger partial charge in [-0.15, -0.1) is 11.3 Å². The van der Waals surface area contributed by atoms with Gasteiger partial charge in [0.15, 0.2) is 0 Å². The lowest BCUT2D eigenvalue weighted by atomic mass is 10.1. The molecule has 2 rings (SSSR count). The predicted molar refractivity (Wildman–Crippen MR) is 92.7 cm³/mol. The molecule has 2 nitrogen and oxygen atoms in total. The summed E-state index contributed by atoms with van der Waals surface area (Å²) < 4.78 is 7.38. The Balaban J connectivity index is 1.93. The first-order valence-corrected chi connectivity index (χ1v) is 8.88. The zero-order chi connectivity index (χ0) is 15.1. The lowest BCUT2D eigenvalue weighted by Gasteiger charge is -2.13. The van der Waals surface area contributed by atoms with Gasteiger partial charge in [0, 0.05) is 21.7 Å². The monoisotopic (exact) mass is 305 g/mol. The maximum atomic E-state index is 6.07. The summed E-state index contributed by atoms with van der Waals surface area (Å²) in [7, 11) is 0. The fraction of sp³-hybridized carbons (Fsp3) is 0.556. The quantitative estimate of drug-likeness (QED) is 0.643. The van der Waals surface area contributed by atoms with Crippen LogP contribution in [0.4, 0.5) is 0 Å². The van der Waals surface area contributed by atoms with Crippen LogP contribution in [0.15, 0.2) is 24.3 Å². The van der Waals surface area contributed by atoms with Gasteiger partial charge in [0.1, 0.15) is 0 Å². The predicted octanol–water partition coefficient (Wildman–Crippen LogP) is 5.24. The van der Waals surface area contributed by atoms with E-state index in [9.17, 15) is 0 Å². The van der Waals surface area contributed by atoms with E-state index in [1.54, 1.807) is 11.3 Å². The Kier molecular flexibility index (Phi) is 6.68. The minimum Gasteiger partial charge on any atom is -0.374 e. The summed E-state index contributed by atoms with van der Waals surface area (Å²) in [5.74, 6) is 0. The van der Waals surface area contributed by atoms with Crippen molar-refractivity contribution in [2.45, 2.75) is 65.2 Å². The highest BCUT2D eigenvalue weighted by molar-refractivity contribution is 7.19. The molecule has 0 saturated carbocycles. The number of unbranched alkanes of at least 4 members (excludes halogenated alkanes) is 3. The molecule has 0 fully saturated rings. The Morgan fingerprint density at radius 2 is 2.00 bits per heavy atom. The van der Waals surface area contributed by atoms with Gasteiger partial charge in [-0.1, -0.05) is 50.8 Å². The van der Waals surface area contributed by atoms with E-state index in [4.69, 9.17) is 10.5 Å². The van der Waals surface area contributed by atoms with Gasteiger partial charge in [0.2, 0.25) is 0 Å². The van der Waals surface area contributed by atoms with Crippen LogP contribution < -0.4 is 5.73 Å². The fourth-order valence-electron chi connectivity index (χ4n) is 2.64. The number of thiophene rings is 1. The van der Waals surface area contributed by atoms with Crippen molar-refractivity contribution in [3.63, 3.8) is 0 Å². The largest absolute Gasteiger partial charge is 0.374 e. The lowest BCUT2D eigenvalue weighted by molar-refractivity contribution is 0.0463. The van der Waals surface area contributed by atoms with Gasteiger partial charge < -0.3 is 10.5 Å². The van der Waals surface area contributed by atoms with E-state index in [0.717, 1.165) is 6.42 Å². The molecule has 1 aromatic heterocycles. The molecular formula is C18H27NOS. The Morgan fingerprint density at radius 3 is 2.76 bits per heavy atom. The maximum Gasteiger partial charge on any atom is 0.0737 e. The molecule has 1 aromatic carbocycles. The molecule has 0 amide bonds. The van der Waals surface area contributed by atoms with Crippen LogP contribution in [0.3, 0.4) is 0 Å². The molecule has 0 aliphatic rings. The fourth-order valence-corrected chi connectivity index (χ4v) is 3.73. The SMILES string of the molecule is CCCCCCC(C)OCc1c(CN)sc2ccccc12. The average molecular weight is 305 g/mol. The zero-order valence-corrected chi connectivity index (χ0v) is 14.0. The number of benzene rings is 1. The number of hydrogen-bond donors (Lipinski definition) is 1. The number of hydrogen-bond acceptors (Lipinski definition) is 3. The molecule has 0 radical (unpaired) electrons. The summed E-state index contributed by atoms with van der Waals surface area (Å²) in [5, 5.41) is 1.31. The van der Waals surface area contributed by atoms with E-state index in [1.807, 2.05) is 0 Å². The van der Waals surface area contributed by atoms with Crippen molar-refractivity contribution in [2.75, 3.05) is 0 Å². The Labute approximate surface area is 132 Å². The summed E-state index contributed by atoms with van der Waals surface area (Å²) >= 11 is 1.80. The minimum atomic E-state index is 0.325. The third-order valence-corrected chi connectivity index (χ3v) is 5.18. The van der Waals surface area contributed by atoms with Gasteiger partial charge in [-0.2, -0.15) is 0 Å². The Bertz CT molecular complexity index is 549. The van der Waals surface area contributed by atoms with Gasteiger partial charge in [0.05, 0.1) is 12.7 Å². The van der Waals surface area contributed by atoms with Crippen molar-refractivity contribution in [3.05, 3.63) is 34.7 Å². The van der Waals surface area contributed by atoms with Crippen LogP contribution in [0, 0.1) is 0 Å². The molecule has 2 aromatic rings. The van der Waals surface area contributed by atoms with Gasteiger partial charge >= 0.3 is 0 Å². The van der Waals surface area contributed by atoms with Crippen molar-refractivity contribution >= 4 is 21.4 Å². The average Bonchev–Trinajstić information content (AvgIpc) is 2.87. The highest BCUT2D eigenvalue weighted by Crippen LogP contribution is 2.31. The molecular weight excluding hydrogens is 278 g/mol. The van der Waals surface area contributed by atoms with Gasteiger partial charge in [-0.3, -0.25) is 0 Å². The molecule has 21 heavy (non-hydrogen) atoms. The van der Waals surface area contributed by atoms with Gasteiger partial charge in [0.25, 0.3) is 0 Å². The van der Waals surface area contributed by atoms with Crippen molar-refractivity contribution in [1.82, 2.24) is 0 Å². The van der Waals surface area contributed by atoms with Crippen LogP contribution in [-0.4, -0.2) is 6.10 Å². The van der Waals surface area contributed by atoms with Crippen molar-refractivity contribution in [1.29, 1.82) is 0 Å². The second-order valence-electron chi connectivity index (χ2n) is 5.68. The molecule has 1 heterocycles. The molecule has 1 atom stereocenters. The lowest BCUT2D eigenvalue weighted by Crippen LogP contribution is -2.09. The summed E-state index contributed by atoms with van der Waals surface area (Å²) in [6.07, 6.45) is 6.68. The summed E-state index contributed by atoms with van der Waals surface area (Å²) in [6, 6.07) is 8.51. The van der Waals surface area contributed by atoms with E-state index >= 15 is 0 Å². The molecule has 0 aliphatic heterocycles. The van der Waals surface area contributed by atoms with Gasteiger partial charge in [-0.05, 0) is 24.8 Å². The highest BCUT2D eigenvalue weighted by atomic mass is 32.1. The molecule has 0 bridgehead atoms. The van der Waals surface area contributed by atoms with Gasteiger partial charge in [-0.25, -0.2) is 0 Å². The van der Waals surface area contributed by atoms with E-state index < -0.39 is 0 Å². The maximum absolute atomic E-state index is 6.07. The number of ether oxygens (including phenoxy) is 1.